The minimum Gasteiger partial charge on any atom is -0.369 e. The van der Waals surface area contributed by atoms with E-state index in [4.69, 9.17) is 11.6 Å². The standard InChI is InChI=1S/C15H23ClN2/c1-11-6-7-18(12(2)8-11)15-5-4-14(16)9-13(15)10-17-3/h4-5,9,11-12,17H,6-8,10H2,1-3H3. The van der Waals surface area contributed by atoms with Crippen LogP contribution in [-0.4, -0.2) is 19.6 Å². The molecule has 1 N–H and O–H groups in total. The van der Waals surface area contributed by atoms with Crippen LogP contribution in [0.3, 0.4) is 0 Å². The summed E-state index contributed by atoms with van der Waals surface area (Å²) in [5.41, 5.74) is 2.64. The Bertz CT molecular complexity index is 405. The van der Waals surface area contributed by atoms with Gasteiger partial charge in [-0.05, 0) is 56.5 Å². The molecule has 0 aliphatic carbocycles. The highest BCUT2D eigenvalue weighted by atomic mass is 35.5. The monoisotopic (exact) mass is 266 g/mol. The Morgan fingerprint density at radius 1 is 1.39 bits per heavy atom. The van der Waals surface area contributed by atoms with Crippen LogP contribution in [0.4, 0.5) is 5.69 Å². The van der Waals surface area contributed by atoms with Crippen molar-refractivity contribution in [2.75, 3.05) is 18.5 Å². The number of nitrogens with zero attached hydrogens (tertiary/aromatic N) is 1. The molecule has 100 valence electrons. The highest BCUT2D eigenvalue weighted by Crippen LogP contribution is 2.31. The third-order valence-corrected chi connectivity index (χ3v) is 4.09. The average Bonchev–Trinajstić information content (AvgIpc) is 2.31. The summed E-state index contributed by atoms with van der Waals surface area (Å²) in [7, 11) is 1.98. The quantitative estimate of drug-likeness (QED) is 0.898. The topological polar surface area (TPSA) is 15.3 Å². The molecule has 3 heteroatoms. The fraction of sp³-hybridized carbons (Fsp3) is 0.600. The van der Waals surface area contributed by atoms with Gasteiger partial charge in [0.1, 0.15) is 0 Å². The van der Waals surface area contributed by atoms with Gasteiger partial charge in [0.15, 0.2) is 0 Å². The van der Waals surface area contributed by atoms with E-state index in [0.717, 1.165) is 24.0 Å². The average molecular weight is 267 g/mol. The lowest BCUT2D eigenvalue weighted by Gasteiger charge is -2.39. The van der Waals surface area contributed by atoms with Crippen LogP contribution in [0.5, 0.6) is 0 Å². The second kappa shape index (κ2) is 5.94. The van der Waals surface area contributed by atoms with E-state index >= 15 is 0 Å². The van der Waals surface area contributed by atoms with Crippen LogP contribution in [-0.2, 0) is 6.54 Å². The van der Waals surface area contributed by atoms with Gasteiger partial charge < -0.3 is 10.2 Å². The first-order valence-corrected chi connectivity index (χ1v) is 7.19. The SMILES string of the molecule is CNCc1cc(Cl)ccc1N1CCC(C)CC1C. The molecule has 1 heterocycles. The van der Waals surface area contributed by atoms with Crippen molar-refractivity contribution >= 4 is 17.3 Å². The van der Waals surface area contributed by atoms with Crippen molar-refractivity contribution in [2.45, 2.75) is 39.3 Å². The van der Waals surface area contributed by atoms with Gasteiger partial charge in [-0.1, -0.05) is 18.5 Å². The number of anilines is 1. The number of benzene rings is 1. The summed E-state index contributed by atoms with van der Waals surface area (Å²) < 4.78 is 0. The van der Waals surface area contributed by atoms with Crippen molar-refractivity contribution in [3.05, 3.63) is 28.8 Å². The first kappa shape index (κ1) is 13.7. The summed E-state index contributed by atoms with van der Waals surface area (Å²) in [4.78, 5) is 2.53. The molecular formula is C15H23ClN2. The highest BCUT2D eigenvalue weighted by molar-refractivity contribution is 6.30. The molecule has 2 rings (SSSR count). The van der Waals surface area contributed by atoms with Crippen molar-refractivity contribution in [1.29, 1.82) is 0 Å². The third-order valence-electron chi connectivity index (χ3n) is 3.86. The number of nitrogens with one attached hydrogen (secondary N) is 1. The van der Waals surface area contributed by atoms with Gasteiger partial charge in [-0.25, -0.2) is 0 Å². The predicted molar refractivity (Wildman–Crippen MR) is 79.4 cm³/mol. The highest BCUT2D eigenvalue weighted by Gasteiger charge is 2.24. The van der Waals surface area contributed by atoms with E-state index < -0.39 is 0 Å². The third kappa shape index (κ3) is 2.99. The number of piperidine rings is 1. The molecule has 1 aliphatic heterocycles. The molecule has 1 aromatic rings. The van der Waals surface area contributed by atoms with Crippen molar-refractivity contribution in [3.8, 4) is 0 Å². The molecule has 2 nitrogen and oxygen atoms in total. The van der Waals surface area contributed by atoms with E-state index in [9.17, 15) is 0 Å². The molecule has 18 heavy (non-hydrogen) atoms. The van der Waals surface area contributed by atoms with Gasteiger partial charge in [0.05, 0.1) is 0 Å². The van der Waals surface area contributed by atoms with Gasteiger partial charge in [0.25, 0.3) is 0 Å². The largest absolute Gasteiger partial charge is 0.369 e. The normalized spacial score (nSPS) is 24.3. The lowest BCUT2D eigenvalue weighted by Crippen LogP contribution is -2.40. The maximum Gasteiger partial charge on any atom is 0.0415 e. The van der Waals surface area contributed by atoms with E-state index in [1.54, 1.807) is 0 Å². The first-order chi connectivity index (χ1) is 8.61. The summed E-state index contributed by atoms with van der Waals surface area (Å²) in [6.07, 6.45) is 2.56. The molecule has 2 unspecified atom stereocenters. The van der Waals surface area contributed by atoms with Crippen molar-refractivity contribution < 1.29 is 0 Å². The second-order valence-electron chi connectivity index (χ2n) is 5.48. The molecule has 1 aromatic carbocycles. The summed E-state index contributed by atoms with van der Waals surface area (Å²) in [6, 6.07) is 6.87. The Balaban J connectivity index is 2.26. The van der Waals surface area contributed by atoms with Crippen LogP contribution >= 0.6 is 11.6 Å². The molecule has 0 amide bonds. The van der Waals surface area contributed by atoms with Gasteiger partial charge in [0, 0.05) is 29.8 Å². The molecule has 1 saturated heterocycles. The molecule has 1 fully saturated rings. The van der Waals surface area contributed by atoms with E-state index in [-0.39, 0.29) is 0 Å². The van der Waals surface area contributed by atoms with Crippen LogP contribution in [0, 0.1) is 5.92 Å². The minimum atomic E-state index is 0.616. The molecule has 0 aromatic heterocycles. The Hall–Kier alpha value is -0.730. The lowest BCUT2D eigenvalue weighted by atomic mass is 9.92. The zero-order valence-corrected chi connectivity index (χ0v) is 12.3. The van der Waals surface area contributed by atoms with E-state index in [1.807, 2.05) is 13.1 Å². The van der Waals surface area contributed by atoms with Gasteiger partial charge in [0.2, 0.25) is 0 Å². The van der Waals surface area contributed by atoms with E-state index in [0.29, 0.717) is 6.04 Å². The number of halogens is 1. The first-order valence-electron chi connectivity index (χ1n) is 6.81. The van der Waals surface area contributed by atoms with E-state index in [1.165, 1.54) is 24.1 Å². The fourth-order valence-electron chi connectivity index (χ4n) is 2.93. The Morgan fingerprint density at radius 2 is 2.17 bits per heavy atom. The zero-order chi connectivity index (χ0) is 13.1. The van der Waals surface area contributed by atoms with Crippen LogP contribution < -0.4 is 10.2 Å². The smallest absolute Gasteiger partial charge is 0.0415 e. The number of hydrogen-bond donors (Lipinski definition) is 1. The van der Waals surface area contributed by atoms with Gasteiger partial charge >= 0.3 is 0 Å². The number of hydrogen-bond acceptors (Lipinski definition) is 2. The van der Waals surface area contributed by atoms with Crippen LogP contribution in [0.25, 0.3) is 0 Å². The summed E-state index contributed by atoms with van der Waals surface area (Å²) in [6.45, 7) is 6.70. The fourth-order valence-corrected chi connectivity index (χ4v) is 3.13. The van der Waals surface area contributed by atoms with Gasteiger partial charge in [-0.3, -0.25) is 0 Å². The van der Waals surface area contributed by atoms with Crippen molar-refractivity contribution in [1.82, 2.24) is 5.32 Å². The van der Waals surface area contributed by atoms with Crippen LogP contribution in [0.1, 0.15) is 32.3 Å². The molecule has 0 spiro atoms. The van der Waals surface area contributed by atoms with E-state index in [2.05, 4.69) is 36.2 Å². The molecule has 0 radical (unpaired) electrons. The maximum absolute atomic E-state index is 6.10. The van der Waals surface area contributed by atoms with Gasteiger partial charge in [-0.15, -0.1) is 0 Å². The lowest BCUT2D eigenvalue weighted by molar-refractivity contribution is 0.377. The summed E-state index contributed by atoms with van der Waals surface area (Å²) >= 11 is 6.10. The van der Waals surface area contributed by atoms with Crippen LogP contribution in [0.15, 0.2) is 18.2 Å². The van der Waals surface area contributed by atoms with Crippen molar-refractivity contribution in [2.24, 2.45) is 5.92 Å². The molecule has 0 bridgehead atoms. The van der Waals surface area contributed by atoms with Gasteiger partial charge in [-0.2, -0.15) is 0 Å². The van der Waals surface area contributed by atoms with Crippen LogP contribution in [0.2, 0.25) is 5.02 Å². The second-order valence-corrected chi connectivity index (χ2v) is 5.91. The summed E-state index contributed by atoms with van der Waals surface area (Å²) in [5.74, 6) is 0.844. The Kier molecular flexibility index (Phi) is 4.52. The Labute approximate surface area is 115 Å². The number of rotatable bonds is 3. The van der Waals surface area contributed by atoms with Crippen molar-refractivity contribution in [3.63, 3.8) is 0 Å². The zero-order valence-electron chi connectivity index (χ0n) is 11.5. The molecule has 1 aliphatic rings. The maximum atomic E-state index is 6.10. The minimum absolute atomic E-state index is 0.616. The molecule has 2 atom stereocenters. The summed E-state index contributed by atoms with van der Waals surface area (Å²) in [5, 5.41) is 4.05. The molecular weight excluding hydrogens is 244 g/mol. The Morgan fingerprint density at radius 3 is 2.83 bits per heavy atom. The predicted octanol–water partition coefficient (Wildman–Crippen LogP) is 3.68. The molecule has 0 saturated carbocycles.